The first-order valence-electron chi connectivity index (χ1n) is 6.97. The molecule has 0 saturated carbocycles. The Morgan fingerprint density at radius 1 is 1.48 bits per heavy atom. The van der Waals surface area contributed by atoms with Gasteiger partial charge < -0.3 is 14.7 Å². The van der Waals surface area contributed by atoms with Crippen molar-refractivity contribution < 1.29 is 14.6 Å². The van der Waals surface area contributed by atoms with Crippen molar-refractivity contribution in [3.63, 3.8) is 0 Å². The highest BCUT2D eigenvalue weighted by atomic mass is 16.5. The number of aryl methyl sites for hydroxylation is 1. The molecule has 0 spiro atoms. The highest BCUT2D eigenvalue weighted by Gasteiger charge is 2.17. The van der Waals surface area contributed by atoms with Crippen LogP contribution in [0, 0.1) is 18.8 Å². The Morgan fingerprint density at radius 2 is 2.19 bits per heavy atom. The Kier molecular flexibility index (Phi) is 6.93. The third kappa shape index (κ3) is 4.89. The molecule has 1 rings (SSSR count). The summed E-state index contributed by atoms with van der Waals surface area (Å²) in [6.45, 7) is 4.44. The molecule has 1 N–H and O–H groups in total. The van der Waals surface area contributed by atoms with E-state index in [1.807, 2.05) is 26.0 Å². The molecule has 0 saturated heterocycles. The lowest BCUT2D eigenvalue weighted by Gasteiger charge is -2.24. The Hall–Kier alpha value is -1.83. The highest BCUT2D eigenvalue weighted by Crippen LogP contribution is 2.13. The van der Waals surface area contributed by atoms with Gasteiger partial charge in [0.25, 0.3) is 5.91 Å². The summed E-state index contributed by atoms with van der Waals surface area (Å²) >= 11 is 0. The molecule has 0 aliphatic rings. The van der Waals surface area contributed by atoms with Crippen LogP contribution < -0.4 is 0 Å². The van der Waals surface area contributed by atoms with Crippen LogP contribution in [-0.2, 0) is 4.74 Å². The predicted octanol–water partition coefficient (Wildman–Crippen LogP) is 1.84. The number of hydrogen-bond donors (Lipinski definition) is 1. The number of hydrogen-bond acceptors (Lipinski definition) is 3. The first-order valence-corrected chi connectivity index (χ1v) is 6.97. The van der Waals surface area contributed by atoms with Gasteiger partial charge in [-0.15, -0.1) is 0 Å². The summed E-state index contributed by atoms with van der Waals surface area (Å²) in [5.74, 6) is 5.85. The third-order valence-electron chi connectivity index (χ3n) is 3.32. The summed E-state index contributed by atoms with van der Waals surface area (Å²) < 4.78 is 5.08. The molecular weight excluding hydrogens is 266 g/mol. The summed E-state index contributed by atoms with van der Waals surface area (Å²) in [6.07, 6.45) is 0.456. The van der Waals surface area contributed by atoms with Gasteiger partial charge in [0.15, 0.2) is 0 Å². The zero-order valence-electron chi connectivity index (χ0n) is 13.1. The van der Waals surface area contributed by atoms with Crippen molar-refractivity contribution >= 4 is 5.91 Å². The van der Waals surface area contributed by atoms with E-state index in [1.54, 1.807) is 25.1 Å². The van der Waals surface area contributed by atoms with Crippen LogP contribution in [0.1, 0.15) is 34.8 Å². The van der Waals surface area contributed by atoms with Crippen molar-refractivity contribution in [2.75, 3.05) is 27.4 Å². The molecule has 0 bridgehead atoms. The van der Waals surface area contributed by atoms with Gasteiger partial charge in [-0.2, -0.15) is 0 Å². The Labute approximate surface area is 126 Å². The van der Waals surface area contributed by atoms with E-state index < -0.39 is 0 Å². The molecule has 1 amide bonds. The smallest absolute Gasteiger partial charge is 0.253 e. The van der Waals surface area contributed by atoms with Crippen molar-refractivity contribution in [1.82, 2.24) is 4.90 Å². The quantitative estimate of drug-likeness (QED) is 0.841. The molecular formula is C17H23NO3. The predicted molar refractivity (Wildman–Crippen MR) is 83.2 cm³/mol. The fourth-order valence-electron chi connectivity index (χ4n) is 1.91. The normalized spacial score (nSPS) is 11.5. The van der Waals surface area contributed by atoms with Crippen LogP contribution in [0.25, 0.3) is 0 Å². The van der Waals surface area contributed by atoms with Gasteiger partial charge in [0.05, 0.1) is 19.3 Å². The summed E-state index contributed by atoms with van der Waals surface area (Å²) in [5.41, 5.74) is 2.48. The molecule has 114 valence electrons. The Balaban J connectivity index is 2.88. The average Bonchev–Trinajstić information content (AvgIpc) is 2.47. The van der Waals surface area contributed by atoms with E-state index in [0.717, 1.165) is 11.1 Å². The minimum absolute atomic E-state index is 0.0202. The van der Waals surface area contributed by atoms with Gasteiger partial charge in [0.2, 0.25) is 0 Å². The molecule has 0 fully saturated rings. The lowest BCUT2D eigenvalue weighted by molar-refractivity contribution is 0.0633. The maximum Gasteiger partial charge on any atom is 0.253 e. The van der Waals surface area contributed by atoms with Gasteiger partial charge >= 0.3 is 0 Å². The van der Waals surface area contributed by atoms with Crippen LogP contribution in [-0.4, -0.2) is 49.3 Å². The fraction of sp³-hybridized carbons (Fsp3) is 0.471. The number of amides is 1. The molecule has 0 aliphatic heterocycles. The number of benzene rings is 1. The highest BCUT2D eigenvalue weighted by molar-refractivity contribution is 5.94. The van der Waals surface area contributed by atoms with Gasteiger partial charge in [-0.25, -0.2) is 0 Å². The monoisotopic (exact) mass is 289 g/mol. The second-order valence-electron chi connectivity index (χ2n) is 5.03. The fourth-order valence-corrected chi connectivity index (χ4v) is 1.91. The van der Waals surface area contributed by atoms with Gasteiger partial charge in [0, 0.05) is 31.7 Å². The minimum atomic E-state index is -0.0301. The van der Waals surface area contributed by atoms with Crippen molar-refractivity contribution in [2.24, 2.45) is 0 Å². The molecule has 21 heavy (non-hydrogen) atoms. The number of carbonyl (C=O) groups excluding carboxylic acids is 1. The maximum absolute atomic E-state index is 12.4. The topological polar surface area (TPSA) is 49.8 Å². The summed E-state index contributed by atoms with van der Waals surface area (Å²) in [7, 11) is 3.40. The average molecular weight is 289 g/mol. The van der Waals surface area contributed by atoms with Crippen LogP contribution in [0.2, 0.25) is 0 Å². The summed E-state index contributed by atoms with van der Waals surface area (Å²) in [5, 5.41) is 8.72. The van der Waals surface area contributed by atoms with Crippen LogP contribution in [0.15, 0.2) is 18.2 Å². The van der Waals surface area contributed by atoms with Crippen molar-refractivity contribution in [3.05, 3.63) is 34.9 Å². The van der Waals surface area contributed by atoms with Gasteiger partial charge in [-0.05, 0) is 37.6 Å². The minimum Gasteiger partial charge on any atom is -0.395 e. The first kappa shape index (κ1) is 17.2. The lowest BCUT2D eigenvalue weighted by Crippen LogP contribution is -2.37. The van der Waals surface area contributed by atoms with Crippen molar-refractivity contribution in [1.29, 1.82) is 0 Å². The van der Waals surface area contributed by atoms with Crippen LogP contribution in [0.3, 0.4) is 0 Å². The number of rotatable bonds is 5. The number of ether oxygens (including phenoxy) is 1. The maximum atomic E-state index is 12.4. The van der Waals surface area contributed by atoms with E-state index in [0.29, 0.717) is 18.6 Å². The largest absolute Gasteiger partial charge is 0.395 e. The third-order valence-corrected chi connectivity index (χ3v) is 3.32. The summed E-state index contributed by atoms with van der Waals surface area (Å²) in [4.78, 5) is 14.1. The van der Waals surface area contributed by atoms with Crippen LogP contribution in [0.4, 0.5) is 0 Å². The van der Waals surface area contributed by atoms with E-state index in [-0.39, 0.29) is 18.6 Å². The van der Waals surface area contributed by atoms with Gasteiger partial charge in [-0.1, -0.05) is 11.8 Å². The van der Waals surface area contributed by atoms with E-state index >= 15 is 0 Å². The first-order chi connectivity index (χ1) is 10.0. The number of aliphatic hydroxyl groups is 1. The summed E-state index contributed by atoms with van der Waals surface area (Å²) in [6, 6.07) is 5.50. The standard InChI is InChI=1S/C17H23NO3/c1-13-11-16(9-8-15(13)7-5-6-10-19)17(20)18(3)14(2)12-21-4/h8-9,11,14,19H,6,10,12H2,1-4H3. The van der Waals surface area contributed by atoms with Crippen molar-refractivity contribution in [2.45, 2.75) is 26.3 Å². The van der Waals surface area contributed by atoms with E-state index in [9.17, 15) is 4.79 Å². The lowest BCUT2D eigenvalue weighted by atomic mass is 10.0. The zero-order chi connectivity index (χ0) is 15.8. The molecule has 4 nitrogen and oxygen atoms in total. The molecule has 1 aromatic carbocycles. The Bertz CT molecular complexity index is 543. The molecule has 1 unspecified atom stereocenters. The molecule has 0 radical (unpaired) electrons. The van der Waals surface area contributed by atoms with Gasteiger partial charge in [-0.3, -0.25) is 4.79 Å². The number of methoxy groups -OCH3 is 1. The van der Waals surface area contributed by atoms with E-state index in [2.05, 4.69) is 11.8 Å². The number of nitrogens with zero attached hydrogens (tertiary/aromatic N) is 1. The molecule has 0 aromatic heterocycles. The molecule has 0 heterocycles. The molecule has 1 atom stereocenters. The number of carbonyl (C=O) groups is 1. The Morgan fingerprint density at radius 3 is 2.76 bits per heavy atom. The zero-order valence-corrected chi connectivity index (χ0v) is 13.1. The molecule has 4 heteroatoms. The van der Waals surface area contributed by atoms with Crippen molar-refractivity contribution in [3.8, 4) is 11.8 Å². The molecule has 0 aliphatic carbocycles. The SMILES string of the molecule is COCC(C)N(C)C(=O)c1ccc(C#CCCO)c(C)c1. The van der Waals surface area contributed by atoms with Gasteiger partial charge in [0.1, 0.15) is 0 Å². The second kappa shape index (κ2) is 8.46. The van der Waals surface area contributed by atoms with E-state index in [1.165, 1.54) is 0 Å². The number of aliphatic hydroxyl groups excluding tert-OH is 1. The number of likely N-dealkylation sites (N-methyl/N-ethyl adjacent to an activating group) is 1. The van der Waals surface area contributed by atoms with E-state index in [4.69, 9.17) is 9.84 Å². The second-order valence-corrected chi connectivity index (χ2v) is 5.03. The van der Waals surface area contributed by atoms with Crippen LogP contribution >= 0.6 is 0 Å². The molecule has 1 aromatic rings. The van der Waals surface area contributed by atoms with Crippen LogP contribution in [0.5, 0.6) is 0 Å².